The summed E-state index contributed by atoms with van der Waals surface area (Å²) in [5.74, 6) is 0.596. The van der Waals surface area contributed by atoms with Gasteiger partial charge in [-0.2, -0.15) is 15.1 Å². The number of nitrogens with zero attached hydrogens (tertiary/aromatic N) is 6. The smallest absolute Gasteiger partial charge is 0.226 e. The molecule has 0 atom stereocenters. The van der Waals surface area contributed by atoms with E-state index in [9.17, 15) is 0 Å². The van der Waals surface area contributed by atoms with Crippen LogP contribution in [0.3, 0.4) is 0 Å². The van der Waals surface area contributed by atoms with Gasteiger partial charge in [-0.3, -0.25) is 10.1 Å². The summed E-state index contributed by atoms with van der Waals surface area (Å²) in [5, 5.41) is 10.4. The Labute approximate surface area is 154 Å². The van der Waals surface area contributed by atoms with Crippen molar-refractivity contribution >= 4 is 28.6 Å². The SMILES string of the molecule is CC(C)n1cnc2c(NCc3cccnc3-c3ccn[nH]3)nc(Cl)nc21. The number of anilines is 1. The topological polar surface area (TPSA) is 97.2 Å². The molecule has 0 amide bonds. The molecule has 8 nitrogen and oxygen atoms in total. The molecule has 0 spiro atoms. The lowest BCUT2D eigenvalue weighted by Crippen LogP contribution is -2.06. The highest BCUT2D eigenvalue weighted by Gasteiger charge is 2.15. The van der Waals surface area contributed by atoms with Gasteiger partial charge in [-0.1, -0.05) is 6.07 Å². The fraction of sp³-hybridized carbons (Fsp3) is 0.235. The summed E-state index contributed by atoms with van der Waals surface area (Å²) in [6.45, 7) is 4.65. The first-order chi connectivity index (χ1) is 12.6. The summed E-state index contributed by atoms with van der Waals surface area (Å²) in [7, 11) is 0. The number of halogens is 1. The first kappa shape index (κ1) is 16.5. The molecule has 4 rings (SSSR count). The lowest BCUT2D eigenvalue weighted by Gasteiger charge is -2.11. The molecular formula is C17H17ClN8. The molecular weight excluding hydrogens is 352 g/mol. The van der Waals surface area contributed by atoms with Crippen molar-refractivity contribution in [1.29, 1.82) is 0 Å². The summed E-state index contributed by atoms with van der Waals surface area (Å²) < 4.78 is 1.97. The maximum absolute atomic E-state index is 6.12. The molecule has 0 bridgehead atoms. The second kappa shape index (κ2) is 6.72. The van der Waals surface area contributed by atoms with Crippen LogP contribution in [0.2, 0.25) is 5.28 Å². The van der Waals surface area contributed by atoms with E-state index in [1.165, 1.54) is 0 Å². The number of aromatic nitrogens is 7. The number of H-pyrrole nitrogens is 1. The van der Waals surface area contributed by atoms with Gasteiger partial charge in [0, 0.05) is 25.0 Å². The quantitative estimate of drug-likeness (QED) is 0.523. The monoisotopic (exact) mass is 368 g/mol. The third-order valence-corrected chi connectivity index (χ3v) is 4.21. The van der Waals surface area contributed by atoms with Gasteiger partial charge >= 0.3 is 0 Å². The van der Waals surface area contributed by atoms with Gasteiger partial charge in [-0.15, -0.1) is 0 Å². The van der Waals surface area contributed by atoms with Crippen molar-refractivity contribution in [3.63, 3.8) is 0 Å². The summed E-state index contributed by atoms with van der Waals surface area (Å²) in [4.78, 5) is 17.5. The second-order valence-electron chi connectivity index (χ2n) is 6.09. The Morgan fingerprint density at radius 1 is 1.19 bits per heavy atom. The van der Waals surface area contributed by atoms with Gasteiger partial charge in [0.2, 0.25) is 5.28 Å². The van der Waals surface area contributed by atoms with Crippen LogP contribution in [0, 0.1) is 0 Å². The summed E-state index contributed by atoms with van der Waals surface area (Å²) in [6.07, 6.45) is 5.21. The normalized spacial score (nSPS) is 11.4. The van der Waals surface area contributed by atoms with Crippen LogP contribution in [0.4, 0.5) is 5.82 Å². The highest BCUT2D eigenvalue weighted by molar-refractivity contribution is 6.28. The third kappa shape index (κ3) is 2.99. The van der Waals surface area contributed by atoms with E-state index < -0.39 is 0 Å². The number of hydrogen-bond acceptors (Lipinski definition) is 6. The van der Waals surface area contributed by atoms with Crippen LogP contribution < -0.4 is 5.32 Å². The molecule has 26 heavy (non-hydrogen) atoms. The summed E-state index contributed by atoms with van der Waals surface area (Å²) in [6, 6.07) is 6.01. The number of aromatic amines is 1. The van der Waals surface area contributed by atoms with Crippen LogP contribution in [0.15, 0.2) is 36.9 Å². The van der Waals surface area contributed by atoms with Crippen molar-refractivity contribution in [2.75, 3.05) is 5.32 Å². The molecule has 0 saturated carbocycles. The number of hydrogen-bond donors (Lipinski definition) is 2. The van der Waals surface area contributed by atoms with E-state index in [0.717, 1.165) is 17.0 Å². The van der Waals surface area contributed by atoms with E-state index in [4.69, 9.17) is 11.6 Å². The predicted molar refractivity (Wildman–Crippen MR) is 99.9 cm³/mol. The largest absolute Gasteiger partial charge is 0.364 e. The maximum Gasteiger partial charge on any atom is 0.226 e. The Morgan fingerprint density at radius 2 is 2.08 bits per heavy atom. The van der Waals surface area contributed by atoms with Crippen LogP contribution in [-0.2, 0) is 6.54 Å². The molecule has 0 aliphatic rings. The minimum Gasteiger partial charge on any atom is -0.364 e. The van der Waals surface area contributed by atoms with Crippen molar-refractivity contribution in [1.82, 2.24) is 34.7 Å². The predicted octanol–water partition coefficient (Wildman–Crippen LogP) is 3.46. The molecule has 0 aliphatic carbocycles. The van der Waals surface area contributed by atoms with Crippen molar-refractivity contribution in [3.8, 4) is 11.4 Å². The standard InChI is InChI=1S/C17H17ClN8/c1-10(2)26-9-21-14-15(23-17(18)24-16(14)26)20-8-11-4-3-6-19-13(11)12-5-7-22-25-12/h3-7,9-10H,8H2,1-2H3,(H,22,25)(H,20,23,24). The van der Waals surface area contributed by atoms with E-state index in [1.807, 2.05) is 22.8 Å². The molecule has 0 fully saturated rings. The Balaban J connectivity index is 1.68. The Bertz CT molecular complexity index is 1040. The average Bonchev–Trinajstić information content (AvgIpc) is 3.29. The third-order valence-electron chi connectivity index (χ3n) is 4.04. The molecule has 4 heterocycles. The highest BCUT2D eigenvalue weighted by atomic mass is 35.5. The zero-order valence-corrected chi connectivity index (χ0v) is 15.1. The number of imidazole rings is 1. The summed E-state index contributed by atoms with van der Waals surface area (Å²) in [5.41, 5.74) is 4.10. The van der Waals surface area contributed by atoms with Gasteiger partial charge in [0.05, 0.1) is 17.7 Å². The first-order valence-electron chi connectivity index (χ1n) is 8.21. The number of rotatable bonds is 5. The molecule has 0 unspecified atom stereocenters. The molecule has 9 heteroatoms. The van der Waals surface area contributed by atoms with Gasteiger partial charge in [0.1, 0.15) is 0 Å². The Kier molecular flexibility index (Phi) is 4.26. The van der Waals surface area contributed by atoms with Gasteiger partial charge < -0.3 is 9.88 Å². The van der Waals surface area contributed by atoms with Crippen molar-refractivity contribution in [2.24, 2.45) is 0 Å². The van der Waals surface area contributed by atoms with Crippen molar-refractivity contribution in [3.05, 3.63) is 47.8 Å². The van der Waals surface area contributed by atoms with E-state index in [0.29, 0.717) is 23.5 Å². The minimum absolute atomic E-state index is 0.183. The van der Waals surface area contributed by atoms with Crippen LogP contribution >= 0.6 is 11.6 Å². The molecule has 0 aliphatic heterocycles. The fourth-order valence-electron chi connectivity index (χ4n) is 2.78. The van der Waals surface area contributed by atoms with Crippen molar-refractivity contribution in [2.45, 2.75) is 26.4 Å². The number of nitrogens with one attached hydrogen (secondary N) is 2. The fourth-order valence-corrected chi connectivity index (χ4v) is 2.95. The Hall–Kier alpha value is -3.00. The van der Waals surface area contributed by atoms with Gasteiger partial charge in [-0.25, -0.2) is 4.98 Å². The Morgan fingerprint density at radius 3 is 2.85 bits per heavy atom. The zero-order chi connectivity index (χ0) is 18.1. The average molecular weight is 369 g/mol. The highest BCUT2D eigenvalue weighted by Crippen LogP contribution is 2.25. The molecule has 0 aromatic carbocycles. The number of fused-ring (bicyclic) bond motifs is 1. The molecule has 4 aromatic heterocycles. The van der Waals surface area contributed by atoms with Gasteiger partial charge in [-0.05, 0) is 43.1 Å². The van der Waals surface area contributed by atoms with Crippen LogP contribution in [0.1, 0.15) is 25.5 Å². The molecule has 0 saturated heterocycles. The lowest BCUT2D eigenvalue weighted by molar-refractivity contribution is 0.612. The second-order valence-corrected chi connectivity index (χ2v) is 6.43. The molecule has 0 radical (unpaired) electrons. The number of pyridine rings is 1. The molecule has 2 N–H and O–H groups in total. The molecule has 132 valence electrons. The van der Waals surface area contributed by atoms with E-state index in [-0.39, 0.29) is 11.3 Å². The molecule has 4 aromatic rings. The maximum atomic E-state index is 6.12. The van der Waals surface area contributed by atoms with Crippen molar-refractivity contribution < 1.29 is 0 Å². The lowest BCUT2D eigenvalue weighted by atomic mass is 10.1. The van der Waals surface area contributed by atoms with Crippen LogP contribution in [0.5, 0.6) is 0 Å². The minimum atomic E-state index is 0.183. The van der Waals surface area contributed by atoms with E-state index >= 15 is 0 Å². The van der Waals surface area contributed by atoms with Gasteiger partial charge in [0.15, 0.2) is 17.0 Å². The van der Waals surface area contributed by atoms with Crippen LogP contribution in [-0.4, -0.2) is 34.7 Å². The van der Waals surface area contributed by atoms with Gasteiger partial charge in [0.25, 0.3) is 0 Å². The first-order valence-corrected chi connectivity index (χ1v) is 8.59. The summed E-state index contributed by atoms with van der Waals surface area (Å²) >= 11 is 6.12. The van der Waals surface area contributed by atoms with E-state index in [1.54, 1.807) is 18.7 Å². The van der Waals surface area contributed by atoms with Crippen LogP contribution in [0.25, 0.3) is 22.6 Å². The zero-order valence-electron chi connectivity index (χ0n) is 14.3. The van der Waals surface area contributed by atoms with E-state index in [2.05, 4.69) is 49.3 Å².